The van der Waals surface area contributed by atoms with Crippen LogP contribution in [0.1, 0.15) is 12.0 Å². The van der Waals surface area contributed by atoms with E-state index in [2.05, 4.69) is 22.3 Å². The highest BCUT2D eigenvalue weighted by atomic mass is 32.2. The number of rotatable bonds is 8. The summed E-state index contributed by atoms with van der Waals surface area (Å²) in [6.07, 6.45) is 2.61. The lowest BCUT2D eigenvalue weighted by atomic mass is 10.2. The Hall–Kier alpha value is -2.68. The van der Waals surface area contributed by atoms with Crippen LogP contribution in [-0.2, 0) is 21.2 Å². The van der Waals surface area contributed by atoms with Crippen molar-refractivity contribution in [2.75, 3.05) is 41.6 Å². The van der Waals surface area contributed by atoms with E-state index >= 15 is 0 Å². The summed E-state index contributed by atoms with van der Waals surface area (Å²) >= 11 is 0. The smallest absolute Gasteiger partial charge is 0.240 e. The zero-order chi connectivity index (χ0) is 21.0. The third-order valence-corrected chi connectivity index (χ3v) is 5.93. The van der Waals surface area contributed by atoms with Gasteiger partial charge < -0.3 is 10.2 Å². The Bertz CT molecular complexity index is 998. The average Bonchev–Trinajstić information content (AvgIpc) is 3.08. The molecule has 0 spiro atoms. The molecule has 6 nitrogen and oxygen atoms in total. The molecule has 0 aliphatic carbocycles. The molecule has 1 heterocycles. The normalized spacial score (nSPS) is 13.3. The van der Waals surface area contributed by atoms with E-state index in [-0.39, 0.29) is 5.69 Å². The van der Waals surface area contributed by atoms with Gasteiger partial charge in [-0.1, -0.05) is 18.2 Å². The summed E-state index contributed by atoms with van der Waals surface area (Å²) in [6, 6.07) is 10.9. The number of halogens is 2. The molecule has 0 bridgehead atoms. The van der Waals surface area contributed by atoms with Crippen molar-refractivity contribution < 1.29 is 22.0 Å². The third-order valence-electron chi connectivity index (χ3n) is 4.79. The van der Waals surface area contributed by atoms with Gasteiger partial charge in [0.2, 0.25) is 15.9 Å². The van der Waals surface area contributed by atoms with Crippen LogP contribution in [0.4, 0.5) is 20.2 Å². The van der Waals surface area contributed by atoms with E-state index < -0.39 is 34.1 Å². The number of hydrogen-bond donors (Lipinski definition) is 1. The maximum absolute atomic E-state index is 13.5. The lowest BCUT2D eigenvalue weighted by molar-refractivity contribution is -0.119. The first kappa shape index (κ1) is 21.0. The van der Waals surface area contributed by atoms with Gasteiger partial charge in [0, 0.05) is 31.4 Å². The van der Waals surface area contributed by atoms with Crippen LogP contribution in [0.25, 0.3) is 0 Å². The summed E-state index contributed by atoms with van der Waals surface area (Å²) in [6.45, 7) is 1.59. The molecule has 1 aliphatic rings. The molecule has 1 aliphatic heterocycles. The Morgan fingerprint density at radius 3 is 2.66 bits per heavy atom. The molecule has 0 saturated carbocycles. The molecular formula is C20H23F2N3O3S. The summed E-state index contributed by atoms with van der Waals surface area (Å²) in [4.78, 5) is 14.5. The zero-order valence-corrected chi connectivity index (χ0v) is 16.9. The monoisotopic (exact) mass is 423 g/mol. The minimum Gasteiger partial charge on any atom is -0.371 e. The summed E-state index contributed by atoms with van der Waals surface area (Å²) in [5.41, 5.74) is 2.42. The molecule has 3 rings (SSSR count). The number of carbonyl (C=O) groups is 1. The third kappa shape index (κ3) is 5.23. The van der Waals surface area contributed by atoms with Gasteiger partial charge in [-0.15, -0.1) is 0 Å². The summed E-state index contributed by atoms with van der Waals surface area (Å²) < 4.78 is 51.4. The van der Waals surface area contributed by atoms with Crippen molar-refractivity contribution in [2.45, 2.75) is 12.8 Å². The Morgan fingerprint density at radius 1 is 1.17 bits per heavy atom. The maximum atomic E-state index is 13.5. The van der Waals surface area contributed by atoms with Crippen LogP contribution >= 0.6 is 0 Å². The number of nitrogens with one attached hydrogen (secondary N) is 1. The molecule has 1 amide bonds. The molecule has 29 heavy (non-hydrogen) atoms. The van der Waals surface area contributed by atoms with Gasteiger partial charge in [0.1, 0.15) is 6.54 Å². The van der Waals surface area contributed by atoms with Crippen molar-refractivity contribution in [3.63, 3.8) is 0 Å². The number of hydrogen-bond acceptors (Lipinski definition) is 4. The van der Waals surface area contributed by atoms with Crippen LogP contribution in [0.15, 0.2) is 42.5 Å². The minimum atomic E-state index is -3.84. The second kappa shape index (κ2) is 8.77. The molecule has 0 aromatic heterocycles. The van der Waals surface area contributed by atoms with Gasteiger partial charge in [-0.05, 0) is 36.6 Å². The summed E-state index contributed by atoms with van der Waals surface area (Å²) in [7, 11) is -3.84. The van der Waals surface area contributed by atoms with Gasteiger partial charge in [-0.25, -0.2) is 17.2 Å². The fourth-order valence-corrected chi connectivity index (χ4v) is 4.21. The van der Waals surface area contributed by atoms with Gasteiger partial charge in [-0.2, -0.15) is 0 Å². The molecule has 0 fully saturated rings. The predicted octanol–water partition coefficient (Wildman–Crippen LogP) is 2.30. The van der Waals surface area contributed by atoms with Gasteiger partial charge in [-0.3, -0.25) is 9.10 Å². The number of fused-ring (bicyclic) bond motifs is 1. The number of sulfonamides is 1. The fraction of sp³-hybridized carbons (Fsp3) is 0.350. The lowest BCUT2D eigenvalue weighted by Crippen LogP contribution is -2.41. The second-order valence-electron chi connectivity index (χ2n) is 6.94. The molecule has 9 heteroatoms. The number of para-hydroxylation sites is 1. The standard InChI is InChI=1S/C20H23F2N3O3S/c1-29(27,28)25(16-7-8-17(21)18(22)13-16)14-20(26)23-10-4-11-24-12-9-15-5-2-3-6-19(15)24/h2-3,5-8,13H,4,9-12,14H2,1H3,(H,23,26). The molecule has 1 N–H and O–H groups in total. The maximum Gasteiger partial charge on any atom is 0.240 e. The van der Waals surface area contributed by atoms with Crippen LogP contribution in [0.3, 0.4) is 0 Å². The van der Waals surface area contributed by atoms with Crippen molar-refractivity contribution in [2.24, 2.45) is 0 Å². The van der Waals surface area contributed by atoms with Crippen LogP contribution in [-0.4, -0.2) is 46.8 Å². The Morgan fingerprint density at radius 2 is 1.93 bits per heavy atom. The molecule has 0 unspecified atom stereocenters. The van der Waals surface area contributed by atoms with E-state index in [9.17, 15) is 22.0 Å². The van der Waals surface area contributed by atoms with E-state index in [0.29, 0.717) is 13.0 Å². The largest absolute Gasteiger partial charge is 0.371 e. The highest BCUT2D eigenvalue weighted by molar-refractivity contribution is 7.92. The van der Waals surface area contributed by atoms with E-state index in [1.165, 1.54) is 11.3 Å². The van der Waals surface area contributed by atoms with Crippen molar-refractivity contribution in [3.8, 4) is 0 Å². The highest BCUT2D eigenvalue weighted by Crippen LogP contribution is 2.27. The quantitative estimate of drug-likeness (QED) is 0.662. The molecule has 156 valence electrons. The van der Waals surface area contributed by atoms with Crippen molar-refractivity contribution >= 4 is 27.3 Å². The number of nitrogens with zero attached hydrogens (tertiary/aromatic N) is 2. The van der Waals surface area contributed by atoms with Crippen molar-refractivity contribution in [1.82, 2.24) is 5.32 Å². The average molecular weight is 423 g/mol. The molecule has 0 saturated heterocycles. The number of anilines is 2. The molecule has 0 radical (unpaired) electrons. The zero-order valence-electron chi connectivity index (χ0n) is 16.1. The Labute approximate surface area is 169 Å². The predicted molar refractivity (Wildman–Crippen MR) is 109 cm³/mol. The van der Waals surface area contributed by atoms with Gasteiger partial charge >= 0.3 is 0 Å². The summed E-state index contributed by atoms with van der Waals surface area (Å²) in [5.74, 6) is -2.78. The number of amides is 1. The van der Waals surface area contributed by atoms with E-state index in [0.717, 1.165) is 48.3 Å². The Balaban J connectivity index is 1.52. The van der Waals surface area contributed by atoms with Crippen LogP contribution in [0, 0.1) is 11.6 Å². The van der Waals surface area contributed by atoms with E-state index in [4.69, 9.17) is 0 Å². The molecular weight excluding hydrogens is 400 g/mol. The van der Waals surface area contributed by atoms with Gasteiger partial charge in [0.05, 0.1) is 11.9 Å². The molecule has 2 aromatic rings. The van der Waals surface area contributed by atoms with Crippen LogP contribution < -0.4 is 14.5 Å². The van der Waals surface area contributed by atoms with E-state index in [1.54, 1.807) is 0 Å². The SMILES string of the molecule is CS(=O)(=O)N(CC(=O)NCCCN1CCc2ccccc21)c1ccc(F)c(F)c1. The first-order chi connectivity index (χ1) is 13.8. The van der Waals surface area contributed by atoms with Gasteiger partial charge in [0.25, 0.3) is 0 Å². The topological polar surface area (TPSA) is 69.7 Å². The summed E-state index contributed by atoms with van der Waals surface area (Å²) in [5, 5.41) is 2.69. The minimum absolute atomic E-state index is 0.102. The second-order valence-corrected chi connectivity index (χ2v) is 8.84. The van der Waals surface area contributed by atoms with E-state index in [1.807, 2.05) is 12.1 Å². The Kier molecular flexibility index (Phi) is 6.36. The fourth-order valence-electron chi connectivity index (χ4n) is 3.36. The van der Waals surface area contributed by atoms with Gasteiger partial charge in [0.15, 0.2) is 11.6 Å². The lowest BCUT2D eigenvalue weighted by Gasteiger charge is -2.22. The van der Waals surface area contributed by atoms with Crippen molar-refractivity contribution in [1.29, 1.82) is 0 Å². The first-order valence-electron chi connectivity index (χ1n) is 9.28. The number of carbonyl (C=O) groups excluding carboxylic acids is 1. The number of benzene rings is 2. The van der Waals surface area contributed by atoms with Crippen LogP contribution in [0.2, 0.25) is 0 Å². The van der Waals surface area contributed by atoms with Crippen molar-refractivity contribution in [3.05, 3.63) is 59.7 Å². The molecule has 0 atom stereocenters. The highest BCUT2D eigenvalue weighted by Gasteiger charge is 2.22. The van der Waals surface area contributed by atoms with Crippen LogP contribution in [0.5, 0.6) is 0 Å². The molecule has 2 aromatic carbocycles. The first-order valence-corrected chi connectivity index (χ1v) is 11.1.